The van der Waals surface area contributed by atoms with E-state index in [0.29, 0.717) is 0 Å². The summed E-state index contributed by atoms with van der Waals surface area (Å²) in [5.41, 5.74) is 4.03. The molecule has 0 unspecified atom stereocenters. The van der Waals surface area contributed by atoms with Crippen LogP contribution in [-0.2, 0) is 9.59 Å². The van der Waals surface area contributed by atoms with E-state index in [4.69, 9.17) is 0 Å². The molecule has 110 valence electrons. The number of amides is 4. The average Bonchev–Trinajstić information content (AvgIpc) is 2.44. The normalized spacial score (nSPS) is 15.9. The van der Waals surface area contributed by atoms with E-state index in [2.05, 4.69) is 0 Å². The molecule has 0 radical (unpaired) electrons. The highest BCUT2D eigenvalue weighted by Gasteiger charge is 2.37. The summed E-state index contributed by atoms with van der Waals surface area (Å²) in [7, 11) is 2.74. The number of barbiturate groups is 1. The van der Waals surface area contributed by atoms with Gasteiger partial charge in [-0.1, -0.05) is 12.1 Å². The van der Waals surface area contributed by atoms with E-state index in [9.17, 15) is 14.4 Å². The Morgan fingerprint density at radius 2 is 1.29 bits per heavy atom. The average molecular weight is 286 g/mol. The summed E-state index contributed by atoms with van der Waals surface area (Å²) in [6.45, 7) is 5.91. The van der Waals surface area contributed by atoms with Crippen LogP contribution in [-0.4, -0.2) is 41.7 Å². The van der Waals surface area contributed by atoms with Gasteiger partial charge in [0.25, 0.3) is 11.8 Å². The van der Waals surface area contributed by atoms with Gasteiger partial charge in [0.1, 0.15) is 5.57 Å². The Hall–Kier alpha value is -2.43. The lowest BCUT2D eigenvalue weighted by Gasteiger charge is -2.29. The van der Waals surface area contributed by atoms with Gasteiger partial charge in [0.2, 0.25) is 0 Å². The number of imide groups is 2. The molecule has 1 fully saturated rings. The maximum atomic E-state index is 12.1. The maximum Gasteiger partial charge on any atom is 0.333 e. The third-order valence-electron chi connectivity index (χ3n) is 3.83. The monoisotopic (exact) mass is 286 g/mol. The lowest BCUT2D eigenvalue weighted by molar-refractivity contribution is -0.134. The van der Waals surface area contributed by atoms with Gasteiger partial charge in [-0.2, -0.15) is 0 Å². The van der Waals surface area contributed by atoms with Gasteiger partial charge < -0.3 is 0 Å². The van der Waals surface area contributed by atoms with Gasteiger partial charge in [0.15, 0.2) is 0 Å². The van der Waals surface area contributed by atoms with Gasteiger partial charge in [-0.3, -0.25) is 19.4 Å². The van der Waals surface area contributed by atoms with Crippen LogP contribution in [0, 0.1) is 20.8 Å². The lowest BCUT2D eigenvalue weighted by Crippen LogP contribution is -2.52. The molecule has 0 aromatic heterocycles. The van der Waals surface area contributed by atoms with Crippen molar-refractivity contribution < 1.29 is 14.4 Å². The molecule has 2 rings (SSSR count). The molecule has 5 heteroatoms. The highest BCUT2D eigenvalue weighted by molar-refractivity contribution is 6.30. The number of carbonyl (C=O) groups is 3. The van der Waals surface area contributed by atoms with Gasteiger partial charge >= 0.3 is 6.03 Å². The van der Waals surface area contributed by atoms with Crippen molar-refractivity contribution in [3.8, 4) is 0 Å². The Morgan fingerprint density at radius 3 is 1.81 bits per heavy atom. The number of hydrogen-bond acceptors (Lipinski definition) is 3. The topological polar surface area (TPSA) is 57.7 Å². The first-order chi connectivity index (χ1) is 9.73. The summed E-state index contributed by atoms with van der Waals surface area (Å²) < 4.78 is 0. The molecule has 1 aliphatic rings. The van der Waals surface area contributed by atoms with E-state index in [1.807, 2.05) is 32.9 Å². The number of rotatable bonds is 1. The Morgan fingerprint density at radius 1 is 0.810 bits per heavy atom. The molecular weight excluding hydrogens is 268 g/mol. The number of nitrogens with zero attached hydrogens (tertiary/aromatic N) is 2. The van der Waals surface area contributed by atoms with Crippen molar-refractivity contribution in [2.75, 3.05) is 14.1 Å². The van der Waals surface area contributed by atoms with Crippen LogP contribution < -0.4 is 0 Å². The molecule has 1 saturated heterocycles. The molecule has 5 nitrogen and oxygen atoms in total. The summed E-state index contributed by atoms with van der Waals surface area (Å²) in [5, 5.41) is 0. The van der Waals surface area contributed by atoms with E-state index < -0.39 is 17.8 Å². The number of aryl methyl sites for hydroxylation is 3. The smallest absolute Gasteiger partial charge is 0.268 e. The first kappa shape index (κ1) is 15.0. The SMILES string of the molecule is Cc1cc(C)c(C=C2C(=O)N(C)C(=O)N(C)C2=O)cc1C. The summed E-state index contributed by atoms with van der Waals surface area (Å²) in [6.07, 6.45) is 1.56. The third-order valence-corrected chi connectivity index (χ3v) is 3.83. The van der Waals surface area contributed by atoms with Crippen LogP contribution in [0.4, 0.5) is 4.79 Å². The fourth-order valence-corrected chi connectivity index (χ4v) is 2.27. The number of benzene rings is 1. The van der Waals surface area contributed by atoms with Gasteiger partial charge in [-0.05, 0) is 49.1 Å². The van der Waals surface area contributed by atoms with Gasteiger partial charge in [0.05, 0.1) is 0 Å². The van der Waals surface area contributed by atoms with E-state index in [1.54, 1.807) is 6.08 Å². The second-order valence-electron chi connectivity index (χ2n) is 5.36. The van der Waals surface area contributed by atoms with E-state index in [-0.39, 0.29) is 5.57 Å². The second-order valence-corrected chi connectivity index (χ2v) is 5.36. The van der Waals surface area contributed by atoms with Crippen molar-refractivity contribution in [1.29, 1.82) is 0 Å². The molecule has 1 heterocycles. The van der Waals surface area contributed by atoms with Crippen LogP contribution in [0.25, 0.3) is 6.08 Å². The summed E-state index contributed by atoms with van der Waals surface area (Å²) in [4.78, 5) is 37.9. The first-order valence-electron chi connectivity index (χ1n) is 6.63. The van der Waals surface area contributed by atoms with Gasteiger partial charge in [-0.25, -0.2) is 4.79 Å². The molecule has 1 aliphatic heterocycles. The zero-order chi connectivity index (χ0) is 15.9. The number of hydrogen-bond donors (Lipinski definition) is 0. The third kappa shape index (κ3) is 2.46. The summed E-state index contributed by atoms with van der Waals surface area (Å²) >= 11 is 0. The van der Waals surface area contributed by atoms with Crippen molar-refractivity contribution in [3.63, 3.8) is 0 Å². The molecule has 0 atom stereocenters. The minimum atomic E-state index is -0.612. The molecule has 0 saturated carbocycles. The fourth-order valence-electron chi connectivity index (χ4n) is 2.27. The first-order valence-corrected chi connectivity index (χ1v) is 6.63. The van der Waals surface area contributed by atoms with E-state index in [1.165, 1.54) is 14.1 Å². The Labute approximate surface area is 123 Å². The van der Waals surface area contributed by atoms with Crippen molar-refractivity contribution in [2.45, 2.75) is 20.8 Å². The van der Waals surface area contributed by atoms with Crippen LogP contribution in [0.3, 0.4) is 0 Å². The quantitative estimate of drug-likeness (QED) is 0.586. The summed E-state index contributed by atoms with van der Waals surface area (Å²) in [6, 6.07) is 3.34. The minimum Gasteiger partial charge on any atom is -0.268 e. The van der Waals surface area contributed by atoms with Crippen LogP contribution in [0.15, 0.2) is 17.7 Å². The zero-order valence-corrected chi connectivity index (χ0v) is 12.9. The van der Waals surface area contributed by atoms with E-state index >= 15 is 0 Å². The summed E-state index contributed by atoms with van der Waals surface area (Å²) in [5.74, 6) is -1.14. The highest BCUT2D eigenvalue weighted by Crippen LogP contribution is 2.22. The van der Waals surface area contributed by atoms with Crippen LogP contribution in [0.1, 0.15) is 22.3 Å². The Balaban J connectivity index is 2.54. The lowest BCUT2D eigenvalue weighted by atomic mass is 9.98. The molecule has 1 aromatic carbocycles. The largest absolute Gasteiger partial charge is 0.333 e. The number of urea groups is 1. The Kier molecular flexibility index (Phi) is 3.68. The number of likely N-dealkylation sites (N-methyl/N-ethyl adjacent to an activating group) is 2. The molecule has 21 heavy (non-hydrogen) atoms. The predicted molar refractivity (Wildman–Crippen MR) is 79.6 cm³/mol. The molecule has 1 aromatic rings. The van der Waals surface area contributed by atoms with Gasteiger partial charge in [0, 0.05) is 14.1 Å². The second kappa shape index (κ2) is 5.16. The van der Waals surface area contributed by atoms with E-state index in [0.717, 1.165) is 32.1 Å². The molecule has 0 spiro atoms. The predicted octanol–water partition coefficient (Wildman–Crippen LogP) is 2.05. The highest BCUT2D eigenvalue weighted by atomic mass is 16.2. The molecular formula is C16H18N2O3. The molecule has 0 N–H and O–H groups in total. The van der Waals surface area contributed by atoms with Crippen LogP contribution >= 0.6 is 0 Å². The number of carbonyl (C=O) groups excluding carboxylic acids is 3. The molecule has 0 aliphatic carbocycles. The van der Waals surface area contributed by atoms with Crippen molar-refractivity contribution in [1.82, 2.24) is 9.80 Å². The maximum absolute atomic E-state index is 12.1. The molecule has 4 amide bonds. The fraction of sp³-hybridized carbons (Fsp3) is 0.312. The van der Waals surface area contributed by atoms with Crippen molar-refractivity contribution in [3.05, 3.63) is 40.0 Å². The zero-order valence-electron chi connectivity index (χ0n) is 12.9. The van der Waals surface area contributed by atoms with Crippen molar-refractivity contribution >= 4 is 23.9 Å². The Bertz CT molecular complexity index is 663. The minimum absolute atomic E-state index is 0.00551. The molecule has 0 bridgehead atoms. The standard InChI is InChI=1S/C16H18N2O3/c1-9-6-11(3)12(7-10(9)2)8-13-14(19)17(4)16(21)18(5)15(13)20/h6-8H,1-5H3. The van der Waals surface area contributed by atoms with Crippen molar-refractivity contribution in [2.24, 2.45) is 0 Å². The van der Waals surface area contributed by atoms with Crippen LogP contribution in [0.5, 0.6) is 0 Å². The van der Waals surface area contributed by atoms with Gasteiger partial charge in [-0.15, -0.1) is 0 Å². The van der Waals surface area contributed by atoms with Crippen LogP contribution in [0.2, 0.25) is 0 Å².